The first-order valence-electron chi connectivity index (χ1n) is 10.0. The van der Waals surface area contributed by atoms with Gasteiger partial charge in [-0.1, -0.05) is 45.2 Å². The smallest absolute Gasteiger partial charge is 0.329 e. The SMILES string of the molecule is COc1cc(/C(C)=N/NC(=O)C(=O)Nc2ccc(Br)cc2F)ccc1OCc1c(Cl)cccc1Cl. The quantitative estimate of drug-likeness (QED) is 0.204. The van der Waals surface area contributed by atoms with E-state index in [0.29, 0.717) is 42.9 Å². The van der Waals surface area contributed by atoms with E-state index in [4.69, 9.17) is 32.7 Å². The average Bonchev–Trinajstić information content (AvgIpc) is 2.83. The van der Waals surface area contributed by atoms with E-state index in [2.05, 4.69) is 31.8 Å². The van der Waals surface area contributed by atoms with Crippen LogP contribution in [0, 0.1) is 5.82 Å². The number of methoxy groups -OCH3 is 1. The van der Waals surface area contributed by atoms with Crippen molar-refractivity contribution >= 4 is 62.3 Å². The average molecular weight is 583 g/mol. The van der Waals surface area contributed by atoms with Gasteiger partial charge in [0.05, 0.1) is 18.5 Å². The lowest BCUT2D eigenvalue weighted by atomic mass is 10.1. The maximum absolute atomic E-state index is 13.9. The first-order chi connectivity index (χ1) is 16.7. The van der Waals surface area contributed by atoms with Crippen molar-refractivity contribution in [2.24, 2.45) is 5.10 Å². The Bertz CT molecular complexity index is 1280. The van der Waals surface area contributed by atoms with Crippen molar-refractivity contribution in [3.63, 3.8) is 0 Å². The molecule has 0 spiro atoms. The Morgan fingerprint density at radius 1 is 1.03 bits per heavy atom. The van der Waals surface area contributed by atoms with E-state index in [1.54, 1.807) is 43.3 Å². The van der Waals surface area contributed by atoms with Crippen molar-refractivity contribution in [3.8, 4) is 11.5 Å². The third kappa shape index (κ3) is 6.94. The number of carbonyl (C=O) groups is 2. The molecule has 182 valence electrons. The second-order valence-corrected chi connectivity index (χ2v) is 8.80. The summed E-state index contributed by atoms with van der Waals surface area (Å²) in [5.74, 6) is -1.96. The molecule has 0 aliphatic carbocycles. The summed E-state index contributed by atoms with van der Waals surface area (Å²) in [7, 11) is 1.48. The number of amides is 2. The number of nitrogens with one attached hydrogen (secondary N) is 2. The van der Waals surface area contributed by atoms with Crippen molar-refractivity contribution in [3.05, 3.63) is 86.1 Å². The first kappa shape index (κ1) is 26.5. The predicted molar refractivity (Wildman–Crippen MR) is 137 cm³/mol. The lowest BCUT2D eigenvalue weighted by molar-refractivity contribution is -0.136. The van der Waals surface area contributed by atoms with Gasteiger partial charge in [-0.05, 0) is 55.5 Å². The number of carbonyl (C=O) groups excluding carboxylic acids is 2. The van der Waals surface area contributed by atoms with Gasteiger partial charge in [0.2, 0.25) is 0 Å². The minimum Gasteiger partial charge on any atom is -0.493 e. The minimum absolute atomic E-state index is 0.130. The monoisotopic (exact) mass is 581 g/mol. The van der Waals surface area contributed by atoms with Gasteiger partial charge in [-0.3, -0.25) is 9.59 Å². The van der Waals surface area contributed by atoms with Crippen LogP contribution in [0.2, 0.25) is 10.0 Å². The molecule has 3 aromatic carbocycles. The van der Waals surface area contributed by atoms with Crippen molar-refractivity contribution in [1.82, 2.24) is 5.43 Å². The lowest BCUT2D eigenvalue weighted by Gasteiger charge is -2.13. The fourth-order valence-corrected chi connectivity index (χ4v) is 3.69. The molecule has 2 amide bonds. The molecular formula is C24H19BrCl2FN3O4. The van der Waals surface area contributed by atoms with Crippen LogP contribution in [0.3, 0.4) is 0 Å². The van der Waals surface area contributed by atoms with E-state index >= 15 is 0 Å². The molecule has 0 unspecified atom stereocenters. The van der Waals surface area contributed by atoms with Crippen LogP contribution < -0.4 is 20.2 Å². The molecule has 0 aliphatic rings. The van der Waals surface area contributed by atoms with Gasteiger partial charge in [-0.25, -0.2) is 9.82 Å². The summed E-state index contributed by atoms with van der Waals surface area (Å²) < 4.78 is 25.6. The predicted octanol–water partition coefficient (Wildman–Crippen LogP) is 5.96. The van der Waals surface area contributed by atoms with Gasteiger partial charge in [0.1, 0.15) is 12.4 Å². The fraction of sp³-hybridized carbons (Fsp3) is 0.125. The van der Waals surface area contributed by atoms with Crippen LogP contribution in [-0.2, 0) is 16.2 Å². The standard InChI is InChI=1S/C24H19BrCl2FN3O4/c1-13(30-31-24(33)23(32)29-20-8-7-15(25)11-19(20)28)14-6-9-21(22(10-14)34-2)35-12-16-17(26)4-3-5-18(16)27/h3-11H,12H2,1-2H3,(H,29,32)(H,31,33)/b30-13+. The van der Waals surface area contributed by atoms with Gasteiger partial charge >= 0.3 is 11.8 Å². The first-order valence-corrected chi connectivity index (χ1v) is 11.6. The van der Waals surface area contributed by atoms with Gasteiger partial charge in [-0.2, -0.15) is 5.10 Å². The molecule has 0 saturated heterocycles. The number of rotatable bonds is 7. The Kier molecular flexibility index (Phi) is 9.08. The molecular weight excluding hydrogens is 564 g/mol. The van der Waals surface area contributed by atoms with Gasteiger partial charge in [-0.15, -0.1) is 0 Å². The van der Waals surface area contributed by atoms with Crippen molar-refractivity contribution in [2.75, 3.05) is 12.4 Å². The molecule has 0 aliphatic heterocycles. The Balaban J connectivity index is 1.66. The Hall–Kier alpha value is -3.14. The number of hydrazone groups is 1. The molecule has 0 radical (unpaired) electrons. The third-order valence-electron chi connectivity index (χ3n) is 4.73. The maximum atomic E-state index is 13.9. The minimum atomic E-state index is -1.07. The summed E-state index contributed by atoms with van der Waals surface area (Å²) >= 11 is 15.5. The summed E-state index contributed by atoms with van der Waals surface area (Å²) in [5, 5.41) is 7.10. The Labute approximate surface area is 219 Å². The molecule has 0 atom stereocenters. The summed E-state index contributed by atoms with van der Waals surface area (Å²) in [4.78, 5) is 24.1. The van der Waals surface area contributed by atoms with Crippen LogP contribution in [0.5, 0.6) is 11.5 Å². The number of ether oxygens (including phenoxy) is 2. The van der Waals surface area contributed by atoms with Gasteiger partial charge in [0, 0.05) is 25.6 Å². The molecule has 0 saturated carbocycles. The number of hydrogen-bond acceptors (Lipinski definition) is 5. The van der Waals surface area contributed by atoms with E-state index in [1.807, 2.05) is 0 Å². The fourth-order valence-electron chi connectivity index (χ4n) is 2.85. The molecule has 0 bridgehead atoms. The Morgan fingerprint density at radius 3 is 2.40 bits per heavy atom. The highest BCUT2D eigenvalue weighted by Crippen LogP contribution is 2.31. The number of anilines is 1. The van der Waals surface area contributed by atoms with Gasteiger partial charge in [0.25, 0.3) is 0 Å². The molecule has 0 aromatic heterocycles. The zero-order chi connectivity index (χ0) is 25.5. The van der Waals surface area contributed by atoms with Crippen LogP contribution >= 0.6 is 39.1 Å². The van der Waals surface area contributed by atoms with Gasteiger partial charge < -0.3 is 14.8 Å². The van der Waals surface area contributed by atoms with Crippen LogP contribution in [0.4, 0.5) is 10.1 Å². The normalized spacial score (nSPS) is 11.1. The van der Waals surface area contributed by atoms with E-state index in [1.165, 1.54) is 25.3 Å². The second-order valence-electron chi connectivity index (χ2n) is 7.07. The second kappa shape index (κ2) is 12.0. The number of benzene rings is 3. The third-order valence-corrected chi connectivity index (χ3v) is 5.93. The Morgan fingerprint density at radius 2 is 1.74 bits per heavy atom. The number of halogens is 4. The molecule has 0 fully saturated rings. The molecule has 3 aromatic rings. The van der Waals surface area contributed by atoms with Crippen molar-refractivity contribution < 1.29 is 23.5 Å². The highest BCUT2D eigenvalue weighted by atomic mass is 79.9. The molecule has 3 rings (SSSR count). The molecule has 2 N–H and O–H groups in total. The lowest BCUT2D eigenvalue weighted by Crippen LogP contribution is -2.33. The van der Waals surface area contributed by atoms with Crippen LogP contribution in [-0.4, -0.2) is 24.6 Å². The number of hydrogen-bond donors (Lipinski definition) is 2. The molecule has 11 heteroatoms. The maximum Gasteiger partial charge on any atom is 0.329 e. The van der Waals surface area contributed by atoms with Crippen molar-refractivity contribution in [2.45, 2.75) is 13.5 Å². The largest absolute Gasteiger partial charge is 0.493 e. The molecule has 7 nitrogen and oxygen atoms in total. The summed E-state index contributed by atoms with van der Waals surface area (Å²) in [6.07, 6.45) is 0. The van der Waals surface area contributed by atoms with Gasteiger partial charge in [0.15, 0.2) is 11.5 Å². The van der Waals surface area contributed by atoms with Crippen LogP contribution in [0.25, 0.3) is 0 Å². The molecule has 0 heterocycles. The molecule has 35 heavy (non-hydrogen) atoms. The van der Waals surface area contributed by atoms with E-state index < -0.39 is 17.6 Å². The van der Waals surface area contributed by atoms with Crippen molar-refractivity contribution in [1.29, 1.82) is 0 Å². The highest BCUT2D eigenvalue weighted by Gasteiger charge is 2.16. The zero-order valence-corrected chi connectivity index (χ0v) is 21.6. The van der Waals surface area contributed by atoms with Crippen LogP contribution in [0.1, 0.15) is 18.1 Å². The van der Waals surface area contributed by atoms with Crippen LogP contribution in [0.15, 0.2) is 64.2 Å². The van der Waals surface area contributed by atoms with E-state index in [-0.39, 0.29) is 12.3 Å². The van der Waals surface area contributed by atoms with E-state index in [0.717, 1.165) is 0 Å². The van der Waals surface area contributed by atoms with E-state index in [9.17, 15) is 14.0 Å². The zero-order valence-electron chi connectivity index (χ0n) is 18.5. The topological polar surface area (TPSA) is 89.0 Å². The summed E-state index contributed by atoms with van der Waals surface area (Å²) in [6, 6.07) is 14.2. The number of nitrogens with zero attached hydrogens (tertiary/aromatic N) is 1. The summed E-state index contributed by atoms with van der Waals surface area (Å²) in [6.45, 7) is 1.76. The highest BCUT2D eigenvalue weighted by molar-refractivity contribution is 9.10. The summed E-state index contributed by atoms with van der Waals surface area (Å²) in [5.41, 5.74) is 3.65.